The van der Waals surface area contributed by atoms with Crippen molar-refractivity contribution in [3.05, 3.63) is 54.3 Å². The number of piperazine rings is 1. The van der Waals surface area contributed by atoms with Crippen LogP contribution in [0.3, 0.4) is 0 Å². The molecule has 7 heteroatoms. The Hall–Kier alpha value is -2.64. The number of hydrogen-bond acceptors (Lipinski definition) is 4. The predicted octanol–water partition coefficient (Wildman–Crippen LogP) is 3.33. The number of amides is 2. The second kappa shape index (κ2) is 9.52. The van der Waals surface area contributed by atoms with Crippen LogP contribution in [0.4, 0.5) is 14.9 Å². The van der Waals surface area contributed by atoms with Crippen molar-refractivity contribution in [2.45, 2.75) is 0 Å². The van der Waals surface area contributed by atoms with E-state index in [1.54, 1.807) is 36.4 Å². The van der Waals surface area contributed by atoms with Crippen LogP contribution in [0.25, 0.3) is 0 Å². The van der Waals surface area contributed by atoms with Crippen molar-refractivity contribution < 1.29 is 13.9 Å². The van der Waals surface area contributed by atoms with Crippen LogP contribution in [0.2, 0.25) is 0 Å². The number of benzene rings is 2. The number of anilines is 1. The molecule has 2 aromatic rings. The van der Waals surface area contributed by atoms with E-state index in [0.29, 0.717) is 17.2 Å². The van der Waals surface area contributed by atoms with Gasteiger partial charge in [-0.1, -0.05) is 0 Å². The van der Waals surface area contributed by atoms with E-state index in [1.807, 2.05) is 4.90 Å². The smallest absolute Gasteiger partial charge is 0.321 e. The summed E-state index contributed by atoms with van der Waals surface area (Å²) in [6, 6.07) is 12.9. The van der Waals surface area contributed by atoms with Crippen molar-refractivity contribution in [2.75, 3.05) is 58.7 Å². The number of halogens is 1. The van der Waals surface area contributed by atoms with Gasteiger partial charge in [-0.3, -0.25) is 4.90 Å². The van der Waals surface area contributed by atoms with Gasteiger partial charge in [0.1, 0.15) is 17.3 Å². The average molecular weight is 386 g/mol. The van der Waals surface area contributed by atoms with Crippen LogP contribution in [-0.4, -0.2) is 74.1 Å². The van der Waals surface area contributed by atoms with Crippen molar-refractivity contribution in [3.63, 3.8) is 0 Å². The lowest BCUT2D eigenvalue weighted by Gasteiger charge is -2.35. The molecule has 0 aromatic heterocycles. The molecule has 6 nitrogen and oxygen atoms in total. The summed E-state index contributed by atoms with van der Waals surface area (Å²) in [5.74, 6) is 0.883. The van der Waals surface area contributed by atoms with E-state index in [9.17, 15) is 9.18 Å². The van der Waals surface area contributed by atoms with Gasteiger partial charge in [-0.2, -0.15) is 0 Å². The van der Waals surface area contributed by atoms with Crippen LogP contribution in [0.5, 0.6) is 11.5 Å². The third kappa shape index (κ3) is 5.94. The molecule has 1 N–H and O–H groups in total. The summed E-state index contributed by atoms with van der Waals surface area (Å²) in [5, 5.41) is 2.93. The Morgan fingerprint density at radius 3 is 2.14 bits per heavy atom. The number of nitrogens with zero attached hydrogens (tertiary/aromatic N) is 3. The highest BCUT2D eigenvalue weighted by Crippen LogP contribution is 2.23. The van der Waals surface area contributed by atoms with Crippen LogP contribution < -0.4 is 10.1 Å². The molecule has 1 heterocycles. The molecule has 0 unspecified atom stereocenters. The van der Waals surface area contributed by atoms with E-state index in [2.05, 4.69) is 29.2 Å². The molecule has 28 heavy (non-hydrogen) atoms. The van der Waals surface area contributed by atoms with Crippen molar-refractivity contribution in [2.24, 2.45) is 0 Å². The van der Waals surface area contributed by atoms with E-state index in [1.165, 1.54) is 12.1 Å². The zero-order chi connectivity index (χ0) is 19.9. The van der Waals surface area contributed by atoms with Crippen LogP contribution in [0, 0.1) is 5.82 Å². The topological polar surface area (TPSA) is 48.0 Å². The number of urea groups is 1. The maximum absolute atomic E-state index is 12.9. The molecular weight excluding hydrogens is 359 g/mol. The number of carbonyl (C=O) groups excluding carboxylic acids is 1. The molecule has 2 aromatic carbocycles. The fourth-order valence-electron chi connectivity index (χ4n) is 2.96. The molecule has 1 fully saturated rings. The number of nitrogens with one attached hydrogen (secondary N) is 1. The Bertz CT molecular complexity index is 757. The van der Waals surface area contributed by atoms with Crippen molar-refractivity contribution in [3.8, 4) is 11.5 Å². The van der Waals surface area contributed by atoms with Crippen LogP contribution >= 0.6 is 0 Å². The van der Waals surface area contributed by atoms with E-state index in [4.69, 9.17) is 4.74 Å². The van der Waals surface area contributed by atoms with Crippen molar-refractivity contribution >= 4 is 11.7 Å². The first-order valence-electron chi connectivity index (χ1n) is 9.46. The highest BCUT2D eigenvalue weighted by molar-refractivity contribution is 5.89. The van der Waals surface area contributed by atoms with Crippen LogP contribution in [0.15, 0.2) is 48.5 Å². The van der Waals surface area contributed by atoms with Gasteiger partial charge in [-0.25, -0.2) is 9.18 Å². The summed E-state index contributed by atoms with van der Waals surface area (Å²) in [7, 11) is 4.14. The van der Waals surface area contributed by atoms with Gasteiger partial charge in [0.25, 0.3) is 0 Å². The van der Waals surface area contributed by atoms with Gasteiger partial charge in [0.05, 0.1) is 0 Å². The molecule has 1 saturated heterocycles. The summed E-state index contributed by atoms with van der Waals surface area (Å²) in [4.78, 5) is 18.9. The van der Waals surface area contributed by atoms with Gasteiger partial charge >= 0.3 is 6.03 Å². The number of ether oxygens (including phenoxy) is 1. The Morgan fingerprint density at radius 1 is 1.00 bits per heavy atom. The lowest BCUT2D eigenvalue weighted by Crippen LogP contribution is -2.51. The second-order valence-electron chi connectivity index (χ2n) is 7.14. The van der Waals surface area contributed by atoms with Gasteiger partial charge in [0.15, 0.2) is 0 Å². The summed E-state index contributed by atoms with van der Waals surface area (Å²) in [6.07, 6.45) is 0. The SMILES string of the molecule is CN(C)CCN1CCN(C(=O)Nc2ccc(Oc3ccc(F)cc3)cc2)CC1. The van der Waals surface area contributed by atoms with Gasteiger partial charge < -0.3 is 19.9 Å². The Balaban J connectivity index is 1.46. The molecule has 2 amide bonds. The Morgan fingerprint density at radius 2 is 1.57 bits per heavy atom. The summed E-state index contributed by atoms with van der Waals surface area (Å²) < 4.78 is 18.6. The molecule has 0 radical (unpaired) electrons. The van der Waals surface area contributed by atoms with Crippen molar-refractivity contribution in [1.82, 2.24) is 14.7 Å². The maximum Gasteiger partial charge on any atom is 0.321 e. The van der Waals surface area contributed by atoms with Crippen molar-refractivity contribution in [1.29, 1.82) is 0 Å². The van der Waals surface area contributed by atoms with Crippen LogP contribution in [0.1, 0.15) is 0 Å². The number of rotatable bonds is 6. The highest BCUT2D eigenvalue weighted by Gasteiger charge is 2.20. The molecule has 3 rings (SSSR count). The normalized spacial score (nSPS) is 14.9. The quantitative estimate of drug-likeness (QED) is 0.827. The van der Waals surface area contributed by atoms with Gasteiger partial charge in [-0.15, -0.1) is 0 Å². The minimum Gasteiger partial charge on any atom is -0.457 e. The monoisotopic (exact) mass is 386 g/mol. The van der Waals surface area contributed by atoms with E-state index < -0.39 is 0 Å². The summed E-state index contributed by atoms with van der Waals surface area (Å²) in [5.41, 5.74) is 0.714. The van der Waals surface area contributed by atoms with Gasteiger partial charge in [0, 0.05) is 45.0 Å². The zero-order valence-electron chi connectivity index (χ0n) is 16.4. The molecule has 0 bridgehead atoms. The van der Waals surface area contributed by atoms with E-state index in [-0.39, 0.29) is 11.8 Å². The summed E-state index contributed by atoms with van der Waals surface area (Å²) >= 11 is 0. The standard InChI is InChI=1S/C21H27FN4O2/c1-24(2)11-12-25-13-15-26(16-14-25)21(27)23-18-5-9-20(10-6-18)28-19-7-3-17(22)4-8-19/h3-10H,11-16H2,1-2H3,(H,23,27). The molecule has 0 saturated carbocycles. The Labute approximate surface area is 165 Å². The molecule has 1 aliphatic rings. The number of likely N-dealkylation sites (N-methyl/N-ethyl adjacent to an activating group) is 1. The Kier molecular flexibility index (Phi) is 6.84. The van der Waals surface area contributed by atoms with Crippen LogP contribution in [-0.2, 0) is 0 Å². The minimum absolute atomic E-state index is 0.0838. The highest BCUT2D eigenvalue weighted by atomic mass is 19.1. The first-order valence-corrected chi connectivity index (χ1v) is 9.46. The molecule has 0 aliphatic carbocycles. The lowest BCUT2D eigenvalue weighted by molar-refractivity contribution is 0.140. The lowest BCUT2D eigenvalue weighted by atomic mass is 10.3. The maximum atomic E-state index is 12.9. The average Bonchev–Trinajstić information content (AvgIpc) is 2.70. The zero-order valence-corrected chi connectivity index (χ0v) is 16.4. The number of hydrogen-bond donors (Lipinski definition) is 1. The van der Waals surface area contributed by atoms with E-state index in [0.717, 1.165) is 39.3 Å². The minimum atomic E-state index is -0.302. The third-order valence-corrected chi connectivity index (χ3v) is 4.68. The predicted molar refractivity (Wildman–Crippen MR) is 109 cm³/mol. The summed E-state index contributed by atoms with van der Waals surface area (Å²) in [6.45, 7) is 5.30. The van der Waals surface area contributed by atoms with E-state index >= 15 is 0 Å². The third-order valence-electron chi connectivity index (χ3n) is 4.68. The fraction of sp³-hybridized carbons (Fsp3) is 0.381. The molecule has 150 valence electrons. The van der Waals surface area contributed by atoms with Gasteiger partial charge in [-0.05, 0) is 62.6 Å². The molecular formula is C21H27FN4O2. The van der Waals surface area contributed by atoms with Gasteiger partial charge in [0.2, 0.25) is 0 Å². The second-order valence-corrected chi connectivity index (χ2v) is 7.14. The molecule has 0 atom stereocenters. The number of carbonyl (C=O) groups is 1. The molecule has 0 spiro atoms. The fourth-order valence-corrected chi connectivity index (χ4v) is 2.96. The molecule has 1 aliphatic heterocycles. The largest absolute Gasteiger partial charge is 0.457 e. The first-order chi connectivity index (χ1) is 13.5. The first kappa shape index (κ1) is 20.1.